The normalized spacial score (nSPS) is 17.4. The molecule has 1 N–H and O–H groups in total. The number of hydrogen-bond acceptors (Lipinski definition) is 5. The van der Waals surface area contributed by atoms with E-state index in [-0.39, 0.29) is 34.0 Å². The molecule has 0 amide bonds. The number of aromatic nitrogens is 1. The highest BCUT2D eigenvalue weighted by atomic mass is 79.9. The van der Waals surface area contributed by atoms with Gasteiger partial charge in [0.05, 0.1) is 23.5 Å². The third kappa shape index (κ3) is 4.30. The SMILES string of the molecule is CCN1C(c2ncc(C(F)(F)F)s2)=NC(CBr)=C(C(=O)O)C1c1ccc(F)cc1Br. The Hall–Kier alpha value is -1.79. The Morgan fingerprint density at radius 3 is 2.57 bits per heavy atom. The fraction of sp³-hybridized carbons (Fsp3) is 0.278. The first-order valence-electron chi connectivity index (χ1n) is 8.44. The van der Waals surface area contributed by atoms with Gasteiger partial charge in [-0.05, 0) is 24.6 Å². The molecule has 0 aliphatic carbocycles. The first kappa shape index (κ1) is 22.9. The Labute approximate surface area is 189 Å². The number of alkyl halides is 4. The van der Waals surface area contributed by atoms with Crippen LogP contribution in [0.1, 0.15) is 28.4 Å². The van der Waals surface area contributed by atoms with E-state index in [4.69, 9.17) is 0 Å². The van der Waals surface area contributed by atoms with E-state index in [0.29, 0.717) is 21.4 Å². The van der Waals surface area contributed by atoms with Gasteiger partial charge in [-0.25, -0.2) is 19.2 Å². The van der Waals surface area contributed by atoms with E-state index >= 15 is 0 Å². The molecule has 0 saturated heterocycles. The topological polar surface area (TPSA) is 65.8 Å². The van der Waals surface area contributed by atoms with Gasteiger partial charge in [-0.2, -0.15) is 13.2 Å². The summed E-state index contributed by atoms with van der Waals surface area (Å²) in [7, 11) is 0. The minimum atomic E-state index is -4.55. The molecule has 12 heteroatoms. The number of likely N-dealkylation sites (N-methyl/N-ethyl adjacent to an activating group) is 1. The summed E-state index contributed by atoms with van der Waals surface area (Å²) in [5.74, 6) is -1.63. The summed E-state index contributed by atoms with van der Waals surface area (Å²) in [6, 6.07) is 2.92. The number of halogens is 6. The molecule has 0 radical (unpaired) electrons. The summed E-state index contributed by atoms with van der Waals surface area (Å²) >= 11 is 6.91. The van der Waals surface area contributed by atoms with Crippen molar-refractivity contribution in [3.05, 3.63) is 61.4 Å². The third-order valence-electron chi connectivity index (χ3n) is 4.34. The lowest BCUT2D eigenvalue weighted by atomic mass is 9.93. The van der Waals surface area contributed by atoms with Gasteiger partial charge >= 0.3 is 12.1 Å². The number of carbonyl (C=O) groups is 1. The molecular weight excluding hydrogens is 558 g/mol. The number of nitrogens with zero attached hydrogens (tertiary/aromatic N) is 3. The summed E-state index contributed by atoms with van der Waals surface area (Å²) in [6.07, 6.45) is -3.83. The predicted octanol–water partition coefficient (Wildman–Crippen LogP) is 5.62. The van der Waals surface area contributed by atoms with Crippen molar-refractivity contribution in [2.75, 3.05) is 11.9 Å². The van der Waals surface area contributed by atoms with Gasteiger partial charge in [0.15, 0.2) is 10.8 Å². The molecule has 1 aliphatic rings. The molecule has 0 fully saturated rings. The third-order valence-corrected chi connectivity index (χ3v) is 6.60. The lowest BCUT2D eigenvalue weighted by molar-refractivity contribution is -0.135. The lowest BCUT2D eigenvalue weighted by Crippen LogP contribution is -2.41. The van der Waals surface area contributed by atoms with Crippen molar-refractivity contribution in [1.82, 2.24) is 9.88 Å². The maximum absolute atomic E-state index is 13.6. The van der Waals surface area contributed by atoms with Crippen LogP contribution >= 0.6 is 43.2 Å². The van der Waals surface area contributed by atoms with Crippen LogP contribution in [0.4, 0.5) is 17.6 Å². The van der Waals surface area contributed by atoms with Crippen molar-refractivity contribution in [2.24, 2.45) is 4.99 Å². The summed E-state index contributed by atoms with van der Waals surface area (Å²) < 4.78 is 53.2. The van der Waals surface area contributed by atoms with E-state index in [1.165, 1.54) is 18.2 Å². The summed E-state index contributed by atoms with van der Waals surface area (Å²) in [5.41, 5.74) is 0.527. The zero-order valence-electron chi connectivity index (χ0n) is 15.2. The molecule has 2 aromatic rings. The molecular formula is C18H13Br2F4N3O2S. The van der Waals surface area contributed by atoms with E-state index in [2.05, 4.69) is 41.8 Å². The summed E-state index contributed by atoms with van der Waals surface area (Å²) in [4.78, 5) is 21.0. The molecule has 3 rings (SSSR count). The van der Waals surface area contributed by atoms with E-state index < -0.39 is 28.9 Å². The second-order valence-electron chi connectivity index (χ2n) is 6.12. The quantitative estimate of drug-likeness (QED) is 0.374. The molecule has 160 valence electrons. The number of carboxylic acids is 1. The molecule has 1 unspecified atom stereocenters. The van der Waals surface area contributed by atoms with E-state index in [0.717, 1.165) is 6.20 Å². The fourth-order valence-corrected chi connectivity index (χ4v) is 4.87. The number of thiazole rings is 1. The van der Waals surface area contributed by atoms with Crippen LogP contribution in [-0.4, -0.2) is 38.7 Å². The molecule has 1 atom stereocenters. The van der Waals surface area contributed by atoms with Gasteiger partial charge < -0.3 is 10.0 Å². The number of rotatable bonds is 5. The highest BCUT2D eigenvalue weighted by Gasteiger charge is 2.40. The van der Waals surface area contributed by atoms with Crippen molar-refractivity contribution in [1.29, 1.82) is 0 Å². The van der Waals surface area contributed by atoms with Gasteiger partial charge in [0.2, 0.25) is 0 Å². The Morgan fingerprint density at radius 1 is 1.37 bits per heavy atom. The molecule has 1 aromatic carbocycles. The number of aliphatic carboxylic acids is 1. The predicted molar refractivity (Wildman–Crippen MR) is 111 cm³/mol. The molecule has 2 heterocycles. The number of allylic oxidation sites excluding steroid dienone is 1. The molecule has 5 nitrogen and oxygen atoms in total. The average molecular weight is 571 g/mol. The number of aliphatic imine (C=N–C) groups is 1. The minimum absolute atomic E-state index is 0.00954. The van der Waals surface area contributed by atoms with Gasteiger partial charge in [0.1, 0.15) is 10.7 Å². The number of carboxylic acid groups (broad SMARTS) is 1. The van der Waals surface area contributed by atoms with Crippen molar-refractivity contribution < 1.29 is 27.5 Å². The molecule has 1 aromatic heterocycles. The largest absolute Gasteiger partial charge is 0.478 e. The van der Waals surface area contributed by atoms with Gasteiger partial charge in [-0.15, -0.1) is 11.3 Å². The van der Waals surface area contributed by atoms with E-state index in [9.17, 15) is 27.5 Å². The van der Waals surface area contributed by atoms with Crippen molar-refractivity contribution in [3.8, 4) is 0 Å². The Bertz CT molecular complexity index is 1050. The van der Waals surface area contributed by atoms with Crippen LogP contribution in [0.5, 0.6) is 0 Å². The van der Waals surface area contributed by atoms with Crippen molar-refractivity contribution in [2.45, 2.75) is 19.1 Å². The highest BCUT2D eigenvalue weighted by molar-refractivity contribution is 9.10. The number of benzene rings is 1. The van der Waals surface area contributed by atoms with Crippen LogP contribution < -0.4 is 0 Å². The second-order valence-corrected chi connectivity index (χ2v) is 8.56. The first-order valence-corrected chi connectivity index (χ1v) is 11.2. The van der Waals surface area contributed by atoms with Crippen LogP contribution in [0, 0.1) is 5.82 Å². The maximum Gasteiger partial charge on any atom is 0.427 e. The highest BCUT2D eigenvalue weighted by Crippen LogP contribution is 2.41. The summed E-state index contributed by atoms with van der Waals surface area (Å²) in [5, 5.41) is 9.94. The standard InChI is InChI=1S/C18H13Br2F4N3O2S/c1-2-27-14(9-4-3-8(21)5-10(9)20)13(17(28)29)11(6-19)26-15(27)16-25-7-12(30-16)18(22,23)24/h3-5,7,14H,2,6H2,1H3,(H,28,29). The molecule has 30 heavy (non-hydrogen) atoms. The van der Waals surface area contributed by atoms with Crippen molar-refractivity contribution >= 4 is 55.0 Å². The Balaban J connectivity index is 2.24. The maximum atomic E-state index is 13.6. The lowest BCUT2D eigenvalue weighted by Gasteiger charge is -2.37. The van der Waals surface area contributed by atoms with Crippen LogP contribution in [0.2, 0.25) is 0 Å². The Kier molecular flexibility index (Phi) is 6.68. The second kappa shape index (κ2) is 8.75. The van der Waals surface area contributed by atoms with Crippen molar-refractivity contribution in [3.63, 3.8) is 0 Å². The zero-order chi connectivity index (χ0) is 22.2. The van der Waals surface area contributed by atoms with Crippen LogP contribution in [0.3, 0.4) is 0 Å². The van der Waals surface area contributed by atoms with E-state index in [1.54, 1.807) is 11.8 Å². The first-order chi connectivity index (χ1) is 14.1. The molecule has 0 spiro atoms. The fourth-order valence-electron chi connectivity index (χ4n) is 3.09. The molecule has 1 aliphatic heterocycles. The Morgan fingerprint density at radius 2 is 2.07 bits per heavy atom. The van der Waals surface area contributed by atoms with Gasteiger partial charge in [0.25, 0.3) is 0 Å². The average Bonchev–Trinajstić information content (AvgIpc) is 3.16. The van der Waals surface area contributed by atoms with Gasteiger partial charge in [-0.1, -0.05) is 37.9 Å². The van der Waals surface area contributed by atoms with Gasteiger partial charge in [-0.3, -0.25) is 0 Å². The van der Waals surface area contributed by atoms with Crippen LogP contribution in [0.15, 0.2) is 45.1 Å². The van der Waals surface area contributed by atoms with Gasteiger partial charge in [0, 0.05) is 16.3 Å². The molecule has 0 saturated carbocycles. The summed E-state index contributed by atoms with van der Waals surface area (Å²) in [6.45, 7) is 1.94. The smallest absolute Gasteiger partial charge is 0.427 e. The zero-order valence-corrected chi connectivity index (χ0v) is 19.2. The van der Waals surface area contributed by atoms with E-state index in [1.807, 2.05) is 0 Å². The molecule has 0 bridgehead atoms. The van der Waals surface area contributed by atoms with Crippen LogP contribution in [0.25, 0.3) is 0 Å². The monoisotopic (exact) mass is 569 g/mol. The van der Waals surface area contributed by atoms with Crippen LogP contribution in [-0.2, 0) is 11.0 Å². The minimum Gasteiger partial charge on any atom is -0.478 e. The number of amidine groups is 1. The number of hydrogen-bond donors (Lipinski definition) is 1.